The number of nitrogens with zero attached hydrogens (tertiary/aromatic N) is 1. The first-order chi connectivity index (χ1) is 10.0. The van der Waals surface area contributed by atoms with Gasteiger partial charge >= 0.3 is 6.09 Å². The molecule has 1 aliphatic rings. The van der Waals surface area contributed by atoms with E-state index in [4.69, 9.17) is 4.74 Å². The molecule has 7 heteroatoms. The predicted molar refractivity (Wildman–Crippen MR) is 76.9 cm³/mol. The fourth-order valence-electron chi connectivity index (χ4n) is 1.96. The Bertz CT molecular complexity index is 542. The summed E-state index contributed by atoms with van der Waals surface area (Å²) in [5, 5.41) is 5.32. The van der Waals surface area contributed by atoms with Gasteiger partial charge in [0.1, 0.15) is 6.54 Å². The van der Waals surface area contributed by atoms with Gasteiger partial charge < -0.3 is 15.4 Å². The fraction of sp³-hybridized carbons (Fsp3) is 0.357. The van der Waals surface area contributed by atoms with Gasteiger partial charge in [-0.2, -0.15) is 0 Å². The van der Waals surface area contributed by atoms with Gasteiger partial charge in [0.05, 0.1) is 6.61 Å². The van der Waals surface area contributed by atoms with E-state index in [0.717, 1.165) is 6.42 Å². The van der Waals surface area contributed by atoms with Gasteiger partial charge in [0, 0.05) is 24.8 Å². The first kappa shape index (κ1) is 14.8. The normalized spacial score (nSPS) is 14.3. The molecule has 112 valence electrons. The summed E-state index contributed by atoms with van der Waals surface area (Å²) in [6, 6.07) is 6.73. The zero-order chi connectivity index (χ0) is 15.2. The van der Waals surface area contributed by atoms with Gasteiger partial charge in [-0.25, -0.2) is 4.79 Å². The average Bonchev–Trinajstić information content (AvgIpc) is 2.43. The van der Waals surface area contributed by atoms with Gasteiger partial charge in [0.25, 0.3) is 0 Å². The van der Waals surface area contributed by atoms with Crippen LogP contribution in [0.15, 0.2) is 24.3 Å². The van der Waals surface area contributed by atoms with Crippen LogP contribution in [-0.4, -0.2) is 42.5 Å². The smallest absolute Gasteiger partial charge is 0.410 e. The molecule has 2 rings (SSSR count). The molecule has 2 N–H and O–H groups in total. The highest BCUT2D eigenvalue weighted by molar-refractivity contribution is 5.94. The minimum Gasteiger partial charge on any atom is -0.449 e. The van der Waals surface area contributed by atoms with Crippen LogP contribution in [0.2, 0.25) is 0 Å². The molecule has 0 saturated carbocycles. The molecule has 21 heavy (non-hydrogen) atoms. The molecule has 0 atom stereocenters. The lowest BCUT2D eigenvalue weighted by molar-refractivity contribution is -0.117. The van der Waals surface area contributed by atoms with Crippen LogP contribution in [-0.2, 0) is 14.3 Å². The number of hydrogen-bond acceptors (Lipinski definition) is 4. The third-order valence-electron chi connectivity index (χ3n) is 2.88. The van der Waals surface area contributed by atoms with Crippen molar-refractivity contribution in [2.24, 2.45) is 0 Å². The maximum absolute atomic E-state index is 11.9. The molecule has 0 aliphatic carbocycles. The molecule has 1 heterocycles. The van der Waals surface area contributed by atoms with Crippen molar-refractivity contribution in [3.8, 4) is 0 Å². The van der Waals surface area contributed by atoms with Crippen LogP contribution in [0.25, 0.3) is 0 Å². The van der Waals surface area contributed by atoms with Crippen LogP contribution in [0.5, 0.6) is 0 Å². The highest BCUT2D eigenvalue weighted by Crippen LogP contribution is 2.13. The molecule has 1 fully saturated rings. The molecule has 0 spiro atoms. The molecule has 1 saturated heterocycles. The third kappa shape index (κ3) is 4.48. The van der Waals surface area contributed by atoms with Crippen molar-refractivity contribution in [3.63, 3.8) is 0 Å². The van der Waals surface area contributed by atoms with E-state index in [1.165, 1.54) is 11.8 Å². The summed E-state index contributed by atoms with van der Waals surface area (Å²) in [6.45, 7) is 2.31. The molecule has 0 aromatic heterocycles. The van der Waals surface area contributed by atoms with Gasteiger partial charge in [-0.15, -0.1) is 0 Å². The highest BCUT2D eigenvalue weighted by atomic mass is 16.6. The summed E-state index contributed by atoms with van der Waals surface area (Å²) in [7, 11) is 0. The van der Waals surface area contributed by atoms with Crippen LogP contribution < -0.4 is 10.6 Å². The summed E-state index contributed by atoms with van der Waals surface area (Å²) >= 11 is 0. The molecule has 1 aromatic carbocycles. The van der Waals surface area contributed by atoms with E-state index >= 15 is 0 Å². The number of cyclic esters (lactones) is 1. The Kier molecular flexibility index (Phi) is 4.76. The van der Waals surface area contributed by atoms with Gasteiger partial charge in [-0.3, -0.25) is 14.5 Å². The summed E-state index contributed by atoms with van der Waals surface area (Å²) in [5.74, 6) is -0.448. The lowest BCUT2D eigenvalue weighted by Gasteiger charge is -2.25. The Morgan fingerprint density at radius 2 is 1.81 bits per heavy atom. The second-order valence-corrected chi connectivity index (χ2v) is 4.70. The summed E-state index contributed by atoms with van der Waals surface area (Å²) < 4.78 is 4.86. The van der Waals surface area contributed by atoms with Crippen molar-refractivity contribution in [1.29, 1.82) is 0 Å². The lowest BCUT2D eigenvalue weighted by atomic mass is 10.2. The number of ether oxygens (including phenoxy) is 1. The fourth-order valence-corrected chi connectivity index (χ4v) is 1.96. The van der Waals surface area contributed by atoms with E-state index in [-0.39, 0.29) is 18.4 Å². The Hall–Kier alpha value is -2.57. The van der Waals surface area contributed by atoms with E-state index in [1.807, 2.05) is 0 Å². The van der Waals surface area contributed by atoms with E-state index in [2.05, 4.69) is 10.6 Å². The molecule has 7 nitrogen and oxygen atoms in total. The molecule has 1 aliphatic heterocycles. The SMILES string of the molecule is CC(=O)Nc1ccc(NC(=O)CN2CCCOC2=O)cc1. The van der Waals surface area contributed by atoms with Crippen LogP contribution in [0.3, 0.4) is 0 Å². The van der Waals surface area contributed by atoms with Crippen molar-refractivity contribution in [3.05, 3.63) is 24.3 Å². The van der Waals surface area contributed by atoms with Crippen LogP contribution in [0.1, 0.15) is 13.3 Å². The standard InChI is InChI=1S/C14H17N3O4/c1-10(18)15-11-3-5-12(6-4-11)16-13(19)9-17-7-2-8-21-14(17)20/h3-6H,2,7-9H2,1H3,(H,15,18)(H,16,19). The lowest BCUT2D eigenvalue weighted by Crippen LogP contribution is -2.42. The second-order valence-electron chi connectivity index (χ2n) is 4.70. The predicted octanol–water partition coefficient (Wildman–Crippen LogP) is 1.43. The Morgan fingerprint density at radius 1 is 1.19 bits per heavy atom. The number of benzene rings is 1. The number of carbonyl (C=O) groups excluding carboxylic acids is 3. The first-order valence-corrected chi connectivity index (χ1v) is 6.64. The van der Waals surface area contributed by atoms with Crippen molar-refractivity contribution >= 4 is 29.3 Å². The number of anilines is 2. The topological polar surface area (TPSA) is 87.7 Å². The van der Waals surface area contributed by atoms with E-state index in [9.17, 15) is 14.4 Å². The Balaban J connectivity index is 1.87. The molecule has 0 radical (unpaired) electrons. The number of carbonyl (C=O) groups is 3. The third-order valence-corrected chi connectivity index (χ3v) is 2.88. The van der Waals surface area contributed by atoms with Crippen molar-refractivity contribution in [2.45, 2.75) is 13.3 Å². The maximum atomic E-state index is 11.9. The molecule has 0 bridgehead atoms. The van der Waals surface area contributed by atoms with Crippen LogP contribution >= 0.6 is 0 Å². The molecule has 0 unspecified atom stereocenters. The maximum Gasteiger partial charge on any atom is 0.410 e. The Labute approximate surface area is 122 Å². The number of nitrogens with one attached hydrogen (secondary N) is 2. The monoisotopic (exact) mass is 291 g/mol. The Morgan fingerprint density at radius 3 is 2.38 bits per heavy atom. The number of amides is 3. The number of hydrogen-bond donors (Lipinski definition) is 2. The molecule has 3 amide bonds. The minimum absolute atomic E-state index is 0.0354. The van der Waals surface area contributed by atoms with Crippen LogP contribution in [0, 0.1) is 0 Å². The summed E-state index contributed by atoms with van der Waals surface area (Å²) in [6.07, 6.45) is 0.266. The molecule has 1 aromatic rings. The van der Waals surface area contributed by atoms with E-state index in [0.29, 0.717) is 24.5 Å². The number of rotatable bonds is 4. The molecular formula is C14H17N3O4. The quantitative estimate of drug-likeness (QED) is 0.878. The van der Waals surface area contributed by atoms with E-state index < -0.39 is 6.09 Å². The van der Waals surface area contributed by atoms with E-state index in [1.54, 1.807) is 24.3 Å². The first-order valence-electron chi connectivity index (χ1n) is 6.64. The van der Waals surface area contributed by atoms with Crippen molar-refractivity contribution in [2.75, 3.05) is 30.3 Å². The van der Waals surface area contributed by atoms with Crippen LogP contribution in [0.4, 0.5) is 16.2 Å². The summed E-state index contributed by atoms with van der Waals surface area (Å²) in [4.78, 5) is 35.5. The zero-order valence-corrected chi connectivity index (χ0v) is 11.7. The largest absolute Gasteiger partial charge is 0.449 e. The zero-order valence-electron chi connectivity index (χ0n) is 11.7. The summed E-state index contributed by atoms with van der Waals surface area (Å²) in [5.41, 5.74) is 1.25. The second kappa shape index (κ2) is 6.74. The van der Waals surface area contributed by atoms with Gasteiger partial charge in [-0.1, -0.05) is 0 Å². The van der Waals surface area contributed by atoms with Gasteiger partial charge in [0.15, 0.2) is 0 Å². The average molecular weight is 291 g/mol. The minimum atomic E-state index is -0.461. The van der Waals surface area contributed by atoms with Gasteiger partial charge in [0.2, 0.25) is 11.8 Å². The van der Waals surface area contributed by atoms with Crippen molar-refractivity contribution in [1.82, 2.24) is 4.90 Å². The highest BCUT2D eigenvalue weighted by Gasteiger charge is 2.21. The van der Waals surface area contributed by atoms with Gasteiger partial charge in [-0.05, 0) is 30.7 Å². The van der Waals surface area contributed by atoms with Crippen molar-refractivity contribution < 1.29 is 19.1 Å². The molecular weight excluding hydrogens is 274 g/mol.